The number of carbonyl (C=O) groups is 4. The average Bonchev–Trinajstić information content (AvgIpc) is 2.92. The molecule has 7 N–H and O–H groups in total. The van der Waals surface area contributed by atoms with E-state index in [-0.39, 0.29) is 30.8 Å². The van der Waals surface area contributed by atoms with E-state index in [4.69, 9.17) is 5.73 Å². The highest BCUT2D eigenvalue weighted by Gasteiger charge is 2.64. The molecule has 16 heteroatoms. The third-order valence-electron chi connectivity index (χ3n) is 8.37. The monoisotopic (exact) mass is 655 g/mol. The van der Waals surface area contributed by atoms with Gasteiger partial charge in [-0.3, -0.25) is 24.1 Å². The maximum atomic E-state index is 15.5. The van der Waals surface area contributed by atoms with Crippen LogP contribution in [0, 0.1) is 17.7 Å². The van der Waals surface area contributed by atoms with Crippen LogP contribution in [-0.4, -0.2) is 74.4 Å². The lowest BCUT2D eigenvalue weighted by atomic mass is 9.57. The van der Waals surface area contributed by atoms with Gasteiger partial charge in [0.05, 0.1) is 22.9 Å². The van der Waals surface area contributed by atoms with E-state index in [0.29, 0.717) is 12.1 Å². The highest BCUT2D eigenvalue weighted by molar-refractivity contribution is 6.24. The zero-order valence-electron chi connectivity index (χ0n) is 23.4. The summed E-state index contributed by atoms with van der Waals surface area (Å²) in [6, 6.07) is 2.67. The van der Waals surface area contributed by atoms with Crippen molar-refractivity contribution in [1.82, 2.24) is 4.90 Å². The molecule has 240 valence electrons. The lowest BCUT2D eigenvalue weighted by molar-refractivity contribution is -0.153. The second-order valence-corrected chi connectivity index (χ2v) is 11.1. The van der Waals surface area contributed by atoms with Gasteiger partial charge in [0.1, 0.15) is 22.9 Å². The van der Waals surface area contributed by atoms with Crippen LogP contribution in [0.3, 0.4) is 0 Å². The first-order valence-corrected chi connectivity index (χ1v) is 13.1. The molecule has 0 aliphatic heterocycles. The molecule has 2 amide bonds. The van der Waals surface area contributed by atoms with Crippen LogP contribution in [-0.2, 0) is 27.0 Å². The van der Waals surface area contributed by atoms with Gasteiger partial charge in [0, 0.05) is 28.7 Å². The van der Waals surface area contributed by atoms with Gasteiger partial charge in [0.2, 0.25) is 5.78 Å². The van der Waals surface area contributed by atoms with Crippen molar-refractivity contribution in [2.45, 2.75) is 30.7 Å². The number of amides is 2. The van der Waals surface area contributed by atoms with Gasteiger partial charge in [-0.15, -0.1) is 12.4 Å². The first-order valence-electron chi connectivity index (χ1n) is 13.1. The number of aliphatic hydroxyl groups excluding tert-OH is 2. The molecule has 5 rings (SSSR count). The number of rotatable bonds is 4. The molecular weight excluding hydrogens is 630 g/mol. The number of nitrogens with zero attached hydrogens (tertiary/aromatic N) is 1. The maximum Gasteiger partial charge on any atom is 0.416 e. The first kappa shape index (κ1) is 33.4. The van der Waals surface area contributed by atoms with Crippen molar-refractivity contribution in [3.05, 3.63) is 75.3 Å². The van der Waals surface area contributed by atoms with E-state index in [2.05, 4.69) is 5.32 Å². The number of nitrogens with one attached hydrogen (secondary N) is 1. The number of anilines is 1. The Bertz CT molecular complexity index is 1740. The predicted molar refractivity (Wildman–Crippen MR) is 151 cm³/mol. The van der Waals surface area contributed by atoms with Crippen molar-refractivity contribution in [3.63, 3.8) is 0 Å². The SMILES string of the molecule is CN(C)[C@@H]1C(=O)C(C(N)=O)=C(O)[C@@]2(O)C(=O)C3=C(O)c4c(O)c(NC(=O)c5cccc(C(F)(F)F)c5)cc(F)c4C[C@H]3C[C@@H]12.Cl. The lowest BCUT2D eigenvalue weighted by Crippen LogP contribution is -2.65. The molecule has 0 bridgehead atoms. The molecule has 0 heterocycles. The normalized spacial score (nSPS) is 24.5. The van der Waals surface area contributed by atoms with Gasteiger partial charge in [-0.05, 0) is 51.1 Å². The molecule has 0 aromatic heterocycles. The molecule has 4 atom stereocenters. The van der Waals surface area contributed by atoms with E-state index in [0.717, 1.165) is 18.2 Å². The zero-order valence-corrected chi connectivity index (χ0v) is 24.2. The van der Waals surface area contributed by atoms with Crippen LogP contribution in [0.5, 0.6) is 5.75 Å². The van der Waals surface area contributed by atoms with Crippen LogP contribution >= 0.6 is 12.4 Å². The number of hydrogen-bond acceptors (Lipinski definition) is 9. The number of likely N-dealkylation sites (N-methyl/N-ethyl adjacent to an activating group) is 1. The van der Waals surface area contributed by atoms with Gasteiger partial charge in [-0.2, -0.15) is 13.2 Å². The van der Waals surface area contributed by atoms with Crippen LogP contribution in [0.2, 0.25) is 0 Å². The molecule has 3 aliphatic rings. The minimum Gasteiger partial charge on any atom is -0.508 e. The third kappa shape index (κ3) is 5.00. The summed E-state index contributed by atoms with van der Waals surface area (Å²) >= 11 is 0. The second-order valence-electron chi connectivity index (χ2n) is 11.1. The highest BCUT2D eigenvalue weighted by Crippen LogP contribution is 2.53. The summed E-state index contributed by atoms with van der Waals surface area (Å²) < 4.78 is 54.8. The number of fused-ring (bicyclic) bond motifs is 3. The van der Waals surface area contributed by atoms with E-state index >= 15 is 4.39 Å². The van der Waals surface area contributed by atoms with Crippen molar-refractivity contribution in [2.24, 2.45) is 17.6 Å². The summed E-state index contributed by atoms with van der Waals surface area (Å²) in [5, 5.41) is 46.8. The summed E-state index contributed by atoms with van der Waals surface area (Å²) in [5.74, 6) is -11.5. The fourth-order valence-electron chi connectivity index (χ4n) is 6.39. The smallest absolute Gasteiger partial charge is 0.416 e. The van der Waals surface area contributed by atoms with Crippen molar-refractivity contribution in [1.29, 1.82) is 0 Å². The molecule has 1 saturated carbocycles. The Labute approximate surface area is 258 Å². The number of ketones is 2. The molecule has 3 aliphatic carbocycles. The number of halogens is 5. The number of phenolic OH excluding ortho intramolecular Hbond substituents is 1. The van der Waals surface area contributed by atoms with E-state index < -0.39 is 110 Å². The predicted octanol–water partition coefficient (Wildman–Crippen LogP) is 2.80. The summed E-state index contributed by atoms with van der Waals surface area (Å²) in [5.41, 5.74) is -2.37. The number of primary amides is 1. The minimum atomic E-state index is -4.76. The number of Topliss-reactive ketones (excluding diaryl/α,β-unsaturated/α-hetero) is 2. The van der Waals surface area contributed by atoms with Crippen molar-refractivity contribution >= 4 is 47.2 Å². The number of alkyl halides is 3. The highest BCUT2D eigenvalue weighted by atomic mass is 35.5. The molecule has 45 heavy (non-hydrogen) atoms. The Hall–Kier alpha value is -4.47. The minimum absolute atomic E-state index is 0. The molecular formula is C29H26ClF4N3O8. The number of nitrogens with two attached hydrogens (primary N) is 1. The van der Waals surface area contributed by atoms with E-state index in [1.54, 1.807) is 0 Å². The largest absolute Gasteiger partial charge is 0.508 e. The molecule has 0 spiro atoms. The van der Waals surface area contributed by atoms with Gasteiger partial charge in [0.25, 0.3) is 11.8 Å². The zero-order chi connectivity index (χ0) is 32.6. The second kappa shape index (κ2) is 11.2. The van der Waals surface area contributed by atoms with Crippen molar-refractivity contribution in [2.75, 3.05) is 19.4 Å². The molecule has 0 saturated heterocycles. The Morgan fingerprint density at radius 1 is 1.11 bits per heavy atom. The van der Waals surface area contributed by atoms with Gasteiger partial charge >= 0.3 is 6.18 Å². The van der Waals surface area contributed by atoms with Gasteiger partial charge in [0.15, 0.2) is 17.1 Å². The average molecular weight is 656 g/mol. The van der Waals surface area contributed by atoms with Gasteiger partial charge in [-0.1, -0.05) is 6.07 Å². The number of benzene rings is 2. The van der Waals surface area contributed by atoms with Crippen LogP contribution in [0.4, 0.5) is 23.2 Å². The Morgan fingerprint density at radius 2 is 1.76 bits per heavy atom. The molecule has 11 nitrogen and oxygen atoms in total. The number of aliphatic hydroxyl groups is 3. The lowest BCUT2D eigenvalue weighted by Gasteiger charge is -2.50. The van der Waals surface area contributed by atoms with Crippen LogP contribution < -0.4 is 11.1 Å². The quantitative estimate of drug-likeness (QED) is 0.163. The number of aromatic hydroxyl groups is 1. The van der Waals surface area contributed by atoms with E-state index in [1.165, 1.54) is 19.0 Å². The van der Waals surface area contributed by atoms with Gasteiger partial charge < -0.3 is 31.5 Å². The first-order chi connectivity index (χ1) is 20.4. The van der Waals surface area contributed by atoms with Crippen LogP contribution in [0.15, 0.2) is 47.2 Å². The summed E-state index contributed by atoms with van der Waals surface area (Å²) in [4.78, 5) is 53.1. The maximum absolute atomic E-state index is 15.5. The van der Waals surface area contributed by atoms with E-state index in [1.807, 2.05) is 0 Å². The third-order valence-corrected chi connectivity index (χ3v) is 8.37. The number of hydrogen-bond donors (Lipinski definition) is 6. The standard InChI is InChI=1S/C29H25F4N3O8.ClH/c1-36(2)20-14-8-11-7-13-15(30)9-16(35-27(43)10-4-3-5-12(6-10)29(31,32)33)21(37)18(13)22(38)17(11)24(40)28(14,44)25(41)19(23(20)39)26(34)42;/h3-6,9,11,14,20,37-38,41,44H,7-8H2,1-2H3,(H2,34,42)(H,35,43);1H/t11-,14-,20-,28-;/m0./s1. The number of carbonyl (C=O) groups excluding carboxylic acids is 4. The topological polar surface area (TPSA) is 190 Å². The molecule has 1 fully saturated rings. The molecule has 0 unspecified atom stereocenters. The molecule has 2 aromatic rings. The fraction of sp³-hybridized carbons (Fsp3) is 0.310. The fourth-order valence-corrected chi connectivity index (χ4v) is 6.39. The van der Waals surface area contributed by atoms with E-state index in [9.17, 15) is 52.8 Å². The van der Waals surface area contributed by atoms with Gasteiger partial charge in [-0.25, -0.2) is 4.39 Å². The summed E-state index contributed by atoms with van der Waals surface area (Å²) in [7, 11) is 2.86. The summed E-state index contributed by atoms with van der Waals surface area (Å²) in [6.45, 7) is 0. The van der Waals surface area contributed by atoms with Crippen molar-refractivity contribution in [3.8, 4) is 5.75 Å². The van der Waals surface area contributed by atoms with Crippen LogP contribution in [0.1, 0.15) is 33.5 Å². The summed E-state index contributed by atoms with van der Waals surface area (Å²) in [6.07, 6.45) is -5.36. The molecule has 2 aromatic carbocycles. The number of phenols is 1. The van der Waals surface area contributed by atoms with Crippen LogP contribution in [0.25, 0.3) is 5.76 Å². The van der Waals surface area contributed by atoms with Crippen molar-refractivity contribution < 1.29 is 57.2 Å². The Kier molecular flexibility index (Phi) is 8.29. The Morgan fingerprint density at radius 3 is 2.33 bits per heavy atom. The Balaban J connectivity index is 0.00000461. The molecule has 0 radical (unpaired) electrons.